The molecule has 0 saturated carbocycles. The van der Waals surface area contributed by atoms with Gasteiger partial charge in [-0.1, -0.05) is 13.3 Å². The molecule has 78 valence electrons. The Hall–Kier alpha value is 0.660. The molecule has 0 radical (unpaired) electrons. The molecule has 0 aromatic heterocycles. The lowest BCUT2D eigenvalue weighted by molar-refractivity contribution is 0.512. The van der Waals surface area contributed by atoms with Crippen LogP contribution in [0.2, 0.25) is 0 Å². The van der Waals surface area contributed by atoms with Gasteiger partial charge in [0.05, 0.1) is 0 Å². The van der Waals surface area contributed by atoms with Crippen molar-refractivity contribution in [2.45, 2.75) is 38.0 Å². The minimum absolute atomic E-state index is 0.706. The van der Waals surface area contributed by atoms with Crippen LogP contribution < -0.4 is 5.32 Å². The third-order valence-corrected chi connectivity index (χ3v) is 5.15. The normalized spacial score (nSPS) is 25.8. The van der Waals surface area contributed by atoms with Gasteiger partial charge < -0.3 is 5.32 Å². The van der Waals surface area contributed by atoms with Crippen LogP contribution in [-0.4, -0.2) is 35.1 Å². The molecule has 2 atom stereocenters. The highest BCUT2D eigenvalue weighted by atomic mass is 32.2. The Bertz CT molecular complexity index is 124. The Morgan fingerprint density at radius 3 is 2.92 bits per heavy atom. The minimum Gasteiger partial charge on any atom is -0.313 e. The summed E-state index contributed by atoms with van der Waals surface area (Å²) in [5, 5.41) is 4.48. The van der Waals surface area contributed by atoms with Gasteiger partial charge in [0.2, 0.25) is 0 Å². The zero-order chi connectivity index (χ0) is 9.52. The summed E-state index contributed by atoms with van der Waals surface area (Å²) in [5.41, 5.74) is 0. The summed E-state index contributed by atoms with van der Waals surface area (Å²) in [4.78, 5) is 0. The summed E-state index contributed by atoms with van der Waals surface area (Å²) >= 11 is 4.25. The van der Waals surface area contributed by atoms with Crippen LogP contribution in [0.4, 0.5) is 0 Å². The standard InChI is InChI=1S/C10H21NS2/c1-3-4-9(2)11-7-10-8-12-5-6-13-10/h9-11H,3-8H2,1-2H3. The highest BCUT2D eigenvalue weighted by Gasteiger charge is 2.14. The summed E-state index contributed by atoms with van der Waals surface area (Å²) in [6, 6.07) is 0.706. The molecule has 3 heteroatoms. The lowest BCUT2D eigenvalue weighted by Gasteiger charge is -2.23. The molecule has 0 amide bonds. The minimum atomic E-state index is 0.706. The Labute approximate surface area is 90.8 Å². The van der Waals surface area contributed by atoms with Crippen molar-refractivity contribution >= 4 is 23.5 Å². The first-order valence-electron chi connectivity index (χ1n) is 5.25. The molecule has 0 spiro atoms. The van der Waals surface area contributed by atoms with Crippen LogP contribution >= 0.6 is 23.5 Å². The van der Waals surface area contributed by atoms with E-state index in [9.17, 15) is 0 Å². The summed E-state index contributed by atoms with van der Waals surface area (Å²) in [7, 11) is 0. The van der Waals surface area contributed by atoms with E-state index in [2.05, 4.69) is 42.7 Å². The van der Waals surface area contributed by atoms with E-state index < -0.39 is 0 Å². The molecule has 13 heavy (non-hydrogen) atoms. The lowest BCUT2D eigenvalue weighted by Crippen LogP contribution is -2.34. The van der Waals surface area contributed by atoms with E-state index >= 15 is 0 Å². The Morgan fingerprint density at radius 1 is 1.46 bits per heavy atom. The van der Waals surface area contributed by atoms with Crippen molar-refractivity contribution in [3.63, 3.8) is 0 Å². The Kier molecular flexibility index (Phi) is 6.33. The van der Waals surface area contributed by atoms with Crippen LogP contribution in [-0.2, 0) is 0 Å². The first-order valence-corrected chi connectivity index (χ1v) is 7.46. The monoisotopic (exact) mass is 219 g/mol. The second-order valence-corrected chi connectivity index (χ2v) is 6.22. The van der Waals surface area contributed by atoms with E-state index in [0.29, 0.717) is 6.04 Å². The molecular formula is C10H21NS2. The lowest BCUT2D eigenvalue weighted by atomic mass is 10.2. The zero-order valence-electron chi connectivity index (χ0n) is 8.71. The van der Waals surface area contributed by atoms with E-state index in [-0.39, 0.29) is 0 Å². The number of thioether (sulfide) groups is 2. The SMILES string of the molecule is CCCC(C)NCC1CSCCS1. The quantitative estimate of drug-likeness (QED) is 0.763. The van der Waals surface area contributed by atoms with Crippen molar-refractivity contribution in [1.29, 1.82) is 0 Å². The largest absolute Gasteiger partial charge is 0.313 e. The van der Waals surface area contributed by atoms with E-state index in [1.807, 2.05) is 0 Å². The molecule has 1 nitrogen and oxygen atoms in total. The van der Waals surface area contributed by atoms with Crippen LogP contribution in [0.3, 0.4) is 0 Å². The molecule has 1 heterocycles. The smallest absolute Gasteiger partial charge is 0.0263 e. The Balaban J connectivity index is 2.03. The molecule has 1 aliphatic heterocycles. The first kappa shape index (κ1) is 11.7. The highest BCUT2D eigenvalue weighted by Crippen LogP contribution is 2.23. The van der Waals surface area contributed by atoms with Crippen LogP contribution in [0.1, 0.15) is 26.7 Å². The molecule has 1 N–H and O–H groups in total. The van der Waals surface area contributed by atoms with Gasteiger partial charge in [0.25, 0.3) is 0 Å². The number of hydrogen-bond acceptors (Lipinski definition) is 3. The molecule has 1 saturated heterocycles. The molecule has 0 bridgehead atoms. The summed E-state index contributed by atoms with van der Waals surface area (Å²) in [5.74, 6) is 4.04. The molecule has 0 aromatic rings. The van der Waals surface area contributed by atoms with Gasteiger partial charge in [-0.15, -0.1) is 0 Å². The van der Waals surface area contributed by atoms with Gasteiger partial charge in [0.15, 0.2) is 0 Å². The van der Waals surface area contributed by atoms with Crippen molar-refractivity contribution in [3.05, 3.63) is 0 Å². The van der Waals surface area contributed by atoms with Crippen molar-refractivity contribution in [3.8, 4) is 0 Å². The number of nitrogens with one attached hydrogen (secondary N) is 1. The second kappa shape index (κ2) is 7.02. The van der Waals surface area contributed by atoms with Crippen molar-refractivity contribution < 1.29 is 0 Å². The average molecular weight is 219 g/mol. The third kappa shape index (κ3) is 5.18. The predicted octanol–water partition coefficient (Wildman–Crippen LogP) is 2.61. The van der Waals surface area contributed by atoms with Gasteiger partial charge in [-0.3, -0.25) is 0 Å². The maximum Gasteiger partial charge on any atom is 0.0263 e. The van der Waals surface area contributed by atoms with Gasteiger partial charge in [0, 0.05) is 35.1 Å². The first-order chi connectivity index (χ1) is 6.33. The van der Waals surface area contributed by atoms with E-state index in [4.69, 9.17) is 0 Å². The fraction of sp³-hybridized carbons (Fsp3) is 1.00. The van der Waals surface area contributed by atoms with Crippen molar-refractivity contribution in [1.82, 2.24) is 5.32 Å². The van der Waals surface area contributed by atoms with Gasteiger partial charge >= 0.3 is 0 Å². The average Bonchev–Trinajstić information content (AvgIpc) is 2.17. The van der Waals surface area contributed by atoms with Gasteiger partial charge in [-0.25, -0.2) is 0 Å². The van der Waals surface area contributed by atoms with Crippen LogP contribution in [0, 0.1) is 0 Å². The Morgan fingerprint density at radius 2 is 2.31 bits per heavy atom. The van der Waals surface area contributed by atoms with Crippen LogP contribution in [0.5, 0.6) is 0 Å². The van der Waals surface area contributed by atoms with Gasteiger partial charge in [-0.05, 0) is 13.3 Å². The molecule has 1 fully saturated rings. The molecule has 2 unspecified atom stereocenters. The zero-order valence-corrected chi connectivity index (χ0v) is 10.3. The number of hydrogen-bond donors (Lipinski definition) is 1. The van der Waals surface area contributed by atoms with Crippen LogP contribution in [0.15, 0.2) is 0 Å². The van der Waals surface area contributed by atoms with Crippen LogP contribution in [0.25, 0.3) is 0 Å². The van der Waals surface area contributed by atoms with Crippen molar-refractivity contribution in [2.24, 2.45) is 0 Å². The molecular weight excluding hydrogens is 198 g/mol. The summed E-state index contributed by atoms with van der Waals surface area (Å²) < 4.78 is 0. The maximum atomic E-state index is 3.62. The molecule has 0 aromatic carbocycles. The van der Waals surface area contributed by atoms with Gasteiger partial charge in [0.1, 0.15) is 0 Å². The predicted molar refractivity (Wildman–Crippen MR) is 65.9 cm³/mol. The summed E-state index contributed by atoms with van der Waals surface area (Å²) in [6.45, 7) is 5.76. The highest BCUT2D eigenvalue weighted by molar-refractivity contribution is 8.06. The van der Waals surface area contributed by atoms with Crippen molar-refractivity contribution in [2.75, 3.05) is 23.8 Å². The van der Waals surface area contributed by atoms with E-state index in [1.165, 1.54) is 36.6 Å². The second-order valence-electron chi connectivity index (χ2n) is 3.67. The van der Waals surface area contributed by atoms with E-state index in [1.54, 1.807) is 0 Å². The third-order valence-electron chi connectivity index (χ3n) is 2.30. The maximum absolute atomic E-state index is 3.62. The number of rotatable bonds is 5. The molecule has 1 aliphatic rings. The summed E-state index contributed by atoms with van der Waals surface area (Å²) in [6.07, 6.45) is 2.60. The fourth-order valence-corrected chi connectivity index (χ4v) is 4.15. The fourth-order valence-electron chi connectivity index (χ4n) is 1.52. The molecule has 0 aliphatic carbocycles. The topological polar surface area (TPSA) is 12.0 Å². The van der Waals surface area contributed by atoms with E-state index in [0.717, 1.165) is 5.25 Å². The van der Waals surface area contributed by atoms with Gasteiger partial charge in [-0.2, -0.15) is 23.5 Å². The molecule has 1 rings (SSSR count).